The van der Waals surface area contributed by atoms with Gasteiger partial charge < -0.3 is 11.5 Å². The van der Waals surface area contributed by atoms with Gasteiger partial charge in [-0.25, -0.2) is 0 Å². The highest BCUT2D eigenvalue weighted by atomic mass is 15.2. The van der Waals surface area contributed by atoms with E-state index in [1.807, 2.05) is 6.07 Å². The fraction of sp³-hybridized carbons (Fsp3) is 0.333. The maximum Gasteiger partial charge on any atom is 0.0343 e. The van der Waals surface area contributed by atoms with E-state index in [2.05, 4.69) is 54.3 Å². The van der Waals surface area contributed by atoms with E-state index in [9.17, 15) is 0 Å². The molecule has 3 rings (SSSR count). The van der Waals surface area contributed by atoms with E-state index in [0.717, 1.165) is 30.9 Å². The van der Waals surface area contributed by atoms with Crippen LogP contribution in [-0.4, -0.2) is 24.0 Å². The summed E-state index contributed by atoms with van der Waals surface area (Å²) in [6, 6.07) is 17.1. The van der Waals surface area contributed by atoms with Crippen molar-refractivity contribution in [3.63, 3.8) is 0 Å². The molecule has 0 spiro atoms. The van der Waals surface area contributed by atoms with Gasteiger partial charge in [-0.05, 0) is 29.7 Å². The average molecular weight is 281 g/mol. The highest BCUT2D eigenvalue weighted by Gasteiger charge is 2.31. The first-order chi connectivity index (χ1) is 10.1. The van der Waals surface area contributed by atoms with Gasteiger partial charge in [0.1, 0.15) is 0 Å². The Hall–Kier alpha value is -1.84. The normalized spacial score (nSPS) is 22.6. The molecule has 0 aliphatic carbocycles. The van der Waals surface area contributed by atoms with Crippen LogP contribution in [0.15, 0.2) is 48.5 Å². The van der Waals surface area contributed by atoms with Gasteiger partial charge in [0.2, 0.25) is 0 Å². The van der Waals surface area contributed by atoms with Gasteiger partial charge in [0.05, 0.1) is 0 Å². The number of aryl methyl sites for hydroxylation is 1. The van der Waals surface area contributed by atoms with Crippen LogP contribution in [0.3, 0.4) is 0 Å². The topological polar surface area (TPSA) is 55.3 Å². The zero-order chi connectivity index (χ0) is 14.8. The monoisotopic (exact) mass is 281 g/mol. The lowest BCUT2D eigenvalue weighted by Crippen LogP contribution is -2.28. The molecule has 0 amide bonds. The van der Waals surface area contributed by atoms with E-state index < -0.39 is 0 Å². The summed E-state index contributed by atoms with van der Waals surface area (Å²) in [5, 5.41) is 0. The second-order valence-electron chi connectivity index (χ2n) is 6.07. The fourth-order valence-corrected chi connectivity index (χ4v) is 3.17. The Balaban J connectivity index is 1.72. The first-order valence-corrected chi connectivity index (χ1v) is 7.51. The van der Waals surface area contributed by atoms with Crippen LogP contribution in [-0.2, 0) is 6.54 Å². The van der Waals surface area contributed by atoms with E-state index in [1.54, 1.807) is 0 Å². The Bertz CT molecular complexity index is 609. The van der Waals surface area contributed by atoms with E-state index in [-0.39, 0.29) is 6.04 Å². The molecule has 0 radical (unpaired) electrons. The number of rotatable bonds is 3. The number of nitrogens with zero attached hydrogens (tertiary/aromatic N) is 1. The van der Waals surface area contributed by atoms with Gasteiger partial charge in [-0.1, -0.05) is 42.5 Å². The standard InChI is InChI=1S/C18H23N3/c1-13-9-15(7-8-17(13)19)16-11-21(12-18(16)20)10-14-5-3-2-4-6-14/h2-9,16,18H,10-12,19-20H2,1H3. The molecule has 1 aliphatic rings. The van der Waals surface area contributed by atoms with E-state index in [4.69, 9.17) is 11.5 Å². The molecule has 2 atom stereocenters. The third kappa shape index (κ3) is 3.09. The number of anilines is 1. The molecule has 0 bridgehead atoms. The van der Waals surface area contributed by atoms with Crippen molar-refractivity contribution >= 4 is 5.69 Å². The summed E-state index contributed by atoms with van der Waals surface area (Å²) in [7, 11) is 0. The molecule has 3 nitrogen and oxygen atoms in total. The summed E-state index contributed by atoms with van der Waals surface area (Å²) in [6.07, 6.45) is 0. The Morgan fingerprint density at radius 3 is 2.57 bits per heavy atom. The lowest BCUT2D eigenvalue weighted by Gasteiger charge is -2.17. The highest BCUT2D eigenvalue weighted by molar-refractivity contribution is 5.48. The Morgan fingerprint density at radius 2 is 1.86 bits per heavy atom. The Kier molecular flexibility index (Phi) is 3.95. The Morgan fingerprint density at radius 1 is 1.10 bits per heavy atom. The van der Waals surface area contributed by atoms with Gasteiger partial charge >= 0.3 is 0 Å². The van der Waals surface area contributed by atoms with Crippen molar-refractivity contribution in [1.82, 2.24) is 4.90 Å². The molecule has 3 heteroatoms. The van der Waals surface area contributed by atoms with Crippen LogP contribution in [0, 0.1) is 6.92 Å². The van der Waals surface area contributed by atoms with Crippen LogP contribution in [0.25, 0.3) is 0 Å². The lowest BCUT2D eigenvalue weighted by atomic mass is 9.93. The largest absolute Gasteiger partial charge is 0.399 e. The van der Waals surface area contributed by atoms with E-state index >= 15 is 0 Å². The number of hydrogen-bond donors (Lipinski definition) is 2. The van der Waals surface area contributed by atoms with E-state index in [0.29, 0.717) is 5.92 Å². The number of nitrogens with two attached hydrogens (primary N) is 2. The minimum absolute atomic E-state index is 0.191. The van der Waals surface area contributed by atoms with Crippen molar-refractivity contribution in [2.45, 2.75) is 25.4 Å². The van der Waals surface area contributed by atoms with Crippen molar-refractivity contribution in [1.29, 1.82) is 0 Å². The maximum absolute atomic E-state index is 6.37. The molecule has 4 N–H and O–H groups in total. The van der Waals surface area contributed by atoms with Crippen LogP contribution in [0.4, 0.5) is 5.69 Å². The molecule has 1 saturated heterocycles. The summed E-state index contributed by atoms with van der Waals surface area (Å²) in [5.41, 5.74) is 16.9. The molecule has 0 saturated carbocycles. The number of likely N-dealkylation sites (tertiary alicyclic amines) is 1. The van der Waals surface area contributed by atoms with Crippen molar-refractivity contribution in [3.8, 4) is 0 Å². The third-order valence-electron chi connectivity index (χ3n) is 4.41. The smallest absolute Gasteiger partial charge is 0.0343 e. The first-order valence-electron chi connectivity index (χ1n) is 7.51. The quantitative estimate of drug-likeness (QED) is 0.850. The molecule has 2 aromatic carbocycles. The van der Waals surface area contributed by atoms with Gasteiger partial charge in [-0.3, -0.25) is 4.90 Å². The van der Waals surface area contributed by atoms with Gasteiger partial charge in [-0.2, -0.15) is 0 Å². The summed E-state index contributed by atoms with van der Waals surface area (Å²) < 4.78 is 0. The van der Waals surface area contributed by atoms with Crippen LogP contribution >= 0.6 is 0 Å². The second-order valence-corrected chi connectivity index (χ2v) is 6.07. The predicted molar refractivity (Wildman–Crippen MR) is 88.0 cm³/mol. The second kappa shape index (κ2) is 5.88. The average Bonchev–Trinajstić information content (AvgIpc) is 2.84. The molecule has 110 valence electrons. The molecule has 2 unspecified atom stereocenters. The predicted octanol–water partition coefficient (Wildman–Crippen LogP) is 2.50. The highest BCUT2D eigenvalue weighted by Crippen LogP contribution is 2.29. The minimum Gasteiger partial charge on any atom is -0.399 e. The van der Waals surface area contributed by atoms with Crippen LogP contribution in [0.2, 0.25) is 0 Å². The van der Waals surface area contributed by atoms with Crippen LogP contribution in [0.5, 0.6) is 0 Å². The fourth-order valence-electron chi connectivity index (χ4n) is 3.17. The van der Waals surface area contributed by atoms with Crippen molar-refractivity contribution in [3.05, 3.63) is 65.2 Å². The number of nitrogen functional groups attached to an aromatic ring is 1. The summed E-state index contributed by atoms with van der Waals surface area (Å²) in [5.74, 6) is 0.396. The molecular weight excluding hydrogens is 258 g/mol. The maximum atomic E-state index is 6.37. The van der Waals surface area contributed by atoms with E-state index in [1.165, 1.54) is 11.1 Å². The SMILES string of the molecule is Cc1cc(C2CN(Cc3ccccc3)CC2N)ccc1N. The molecule has 2 aromatic rings. The number of hydrogen-bond acceptors (Lipinski definition) is 3. The third-order valence-corrected chi connectivity index (χ3v) is 4.41. The van der Waals surface area contributed by atoms with Crippen LogP contribution in [0.1, 0.15) is 22.6 Å². The summed E-state index contributed by atoms with van der Waals surface area (Å²) in [4.78, 5) is 2.44. The van der Waals surface area contributed by atoms with Gasteiger partial charge in [-0.15, -0.1) is 0 Å². The molecule has 21 heavy (non-hydrogen) atoms. The zero-order valence-electron chi connectivity index (χ0n) is 12.5. The zero-order valence-corrected chi connectivity index (χ0v) is 12.5. The molecule has 1 aliphatic heterocycles. The first kappa shape index (κ1) is 14.1. The molecule has 1 fully saturated rings. The van der Waals surface area contributed by atoms with Gasteiger partial charge in [0.25, 0.3) is 0 Å². The van der Waals surface area contributed by atoms with Gasteiger partial charge in [0.15, 0.2) is 0 Å². The minimum atomic E-state index is 0.191. The summed E-state index contributed by atoms with van der Waals surface area (Å²) >= 11 is 0. The van der Waals surface area contributed by atoms with Gasteiger partial charge in [0, 0.05) is 37.3 Å². The Labute approximate surface area is 126 Å². The summed E-state index contributed by atoms with van der Waals surface area (Å²) in [6.45, 7) is 4.99. The van der Waals surface area contributed by atoms with Crippen molar-refractivity contribution < 1.29 is 0 Å². The molecule has 0 aromatic heterocycles. The number of benzene rings is 2. The van der Waals surface area contributed by atoms with Crippen molar-refractivity contribution in [2.24, 2.45) is 5.73 Å². The van der Waals surface area contributed by atoms with Crippen molar-refractivity contribution in [2.75, 3.05) is 18.8 Å². The lowest BCUT2D eigenvalue weighted by molar-refractivity contribution is 0.324. The molecule has 1 heterocycles. The van der Waals surface area contributed by atoms with Crippen LogP contribution < -0.4 is 11.5 Å². The molecular formula is C18H23N3.